The molecule has 5 nitrogen and oxygen atoms in total. The molecule has 1 saturated carbocycles. The second-order valence-corrected chi connectivity index (χ2v) is 6.26. The third kappa shape index (κ3) is 2.35. The molecule has 114 valence electrons. The van der Waals surface area contributed by atoms with Crippen LogP contribution in [0.25, 0.3) is 0 Å². The van der Waals surface area contributed by atoms with Gasteiger partial charge < -0.3 is 9.84 Å². The van der Waals surface area contributed by atoms with Crippen LogP contribution < -0.4 is 0 Å². The molecular weight excluding hydrogens is 272 g/mol. The highest BCUT2D eigenvalue weighted by molar-refractivity contribution is 6.06. The van der Waals surface area contributed by atoms with Crippen LogP contribution in [0.5, 0.6) is 0 Å². The van der Waals surface area contributed by atoms with Gasteiger partial charge in [0, 0.05) is 11.8 Å². The fraction of sp³-hybridized carbons (Fsp3) is 0.562. The van der Waals surface area contributed by atoms with E-state index in [1.165, 1.54) is 20.1 Å². The van der Waals surface area contributed by atoms with E-state index in [0.717, 1.165) is 5.57 Å². The lowest BCUT2D eigenvalue weighted by Gasteiger charge is -2.43. The van der Waals surface area contributed by atoms with Crippen molar-refractivity contribution >= 4 is 17.5 Å². The summed E-state index contributed by atoms with van der Waals surface area (Å²) in [5.41, 5.74) is -0.968. The van der Waals surface area contributed by atoms with Gasteiger partial charge in [-0.25, -0.2) is 4.79 Å². The van der Waals surface area contributed by atoms with Crippen LogP contribution >= 0.6 is 0 Å². The normalized spacial score (nSPS) is 31.8. The Balaban J connectivity index is 2.43. The van der Waals surface area contributed by atoms with E-state index in [-0.39, 0.29) is 24.4 Å². The van der Waals surface area contributed by atoms with Crippen LogP contribution in [0, 0.1) is 11.3 Å². The SMILES string of the molecule is COC(=O)[C@@](C)(O)[C@@H]1CC2=C(C)C(=O)C=C[C@@]2(C)CC1=O. The molecule has 0 heterocycles. The Bertz CT molecular complexity index is 581. The van der Waals surface area contributed by atoms with Crippen molar-refractivity contribution in [3.8, 4) is 0 Å². The Kier molecular flexibility index (Phi) is 3.66. The van der Waals surface area contributed by atoms with Crippen LogP contribution in [0.2, 0.25) is 0 Å². The van der Waals surface area contributed by atoms with Crippen molar-refractivity contribution in [3.63, 3.8) is 0 Å². The molecule has 2 aliphatic carbocycles. The van der Waals surface area contributed by atoms with Crippen molar-refractivity contribution in [2.45, 2.75) is 39.2 Å². The highest BCUT2D eigenvalue weighted by Crippen LogP contribution is 2.48. The Labute approximate surface area is 123 Å². The first-order valence-corrected chi connectivity index (χ1v) is 6.91. The van der Waals surface area contributed by atoms with Gasteiger partial charge in [0.25, 0.3) is 0 Å². The largest absolute Gasteiger partial charge is 0.467 e. The molecule has 5 heteroatoms. The summed E-state index contributed by atoms with van der Waals surface area (Å²) in [5, 5.41) is 10.4. The minimum atomic E-state index is -1.88. The van der Waals surface area contributed by atoms with Gasteiger partial charge in [0.05, 0.1) is 13.0 Å². The summed E-state index contributed by atoms with van der Waals surface area (Å²) in [6.07, 6.45) is 3.60. The van der Waals surface area contributed by atoms with Crippen molar-refractivity contribution < 1.29 is 24.2 Å². The first-order chi connectivity index (χ1) is 9.63. The molecule has 0 aromatic rings. The summed E-state index contributed by atoms with van der Waals surface area (Å²) in [6.45, 7) is 4.91. The first-order valence-electron chi connectivity index (χ1n) is 6.91. The second kappa shape index (κ2) is 4.91. The van der Waals surface area contributed by atoms with E-state index in [0.29, 0.717) is 5.57 Å². The van der Waals surface area contributed by atoms with Gasteiger partial charge in [0.15, 0.2) is 11.4 Å². The van der Waals surface area contributed by atoms with Crippen molar-refractivity contribution in [2.24, 2.45) is 11.3 Å². The van der Waals surface area contributed by atoms with Gasteiger partial charge in [-0.3, -0.25) is 9.59 Å². The number of carbonyl (C=O) groups excluding carboxylic acids is 3. The fourth-order valence-electron chi connectivity index (χ4n) is 3.28. The number of hydrogen-bond donors (Lipinski definition) is 1. The summed E-state index contributed by atoms with van der Waals surface area (Å²) in [6, 6.07) is 0. The number of allylic oxidation sites excluding steroid dienone is 4. The Morgan fingerprint density at radius 1 is 1.48 bits per heavy atom. The molecular formula is C16H20O5. The van der Waals surface area contributed by atoms with Gasteiger partial charge in [0.1, 0.15) is 5.78 Å². The monoisotopic (exact) mass is 292 g/mol. The molecule has 1 fully saturated rings. The number of fused-ring (bicyclic) bond motifs is 1. The Hall–Kier alpha value is -1.75. The molecule has 0 bridgehead atoms. The summed E-state index contributed by atoms with van der Waals surface area (Å²) in [4.78, 5) is 36.0. The first kappa shape index (κ1) is 15.6. The third-order valence-electron chi connectivity index (χ3n) is 4.73. The van der Waals surface area contributed by atoms with E-state index in [1.807, 2.05) is 6.92 Å². The van der Waals surface area contributed by atoms with Crippen LogP contribution in [-0.4, -0.2) is 35.4 Å². The van der Waals surface area contributed by atoms with E-state index in [4.69, 9.17) is 0 Å². The highest BCUT2D eigenvalue weighted by atomic mass is 16.5. The number of hydrogen-bond acceptors (Lipinski definition) is 5. The fourth-order valence-corrected chi connectivity index (χ4v) is 3.28. The second-order valence-electron chi connectivity index (χ2n) is 6.26. The predicted molar refractivity (Wildman–Crippen MR) is 75.3 cm³/mol. The smallest absolute Gasteiger partial charge is 0.338 e. The summed E-state index contributed by atoms with van der Waals surface area (Å²) in [5.74, 6) is -2.00. The molecule has 1 N–H and O–H groups in total. The maximum atomic E-state index is 12.4. The van der Waals surface area contributed by atoms with Gasteiger partial charge in [-0.05, 0) is 31.9 Å². The molecule has 0 spiro atoms. The molecule has 0 saturated heterocycles. The lowest BCUT2D eigenvalue weighted by molar-refractivity contribution is -0.170. The number of rotatable bonds is 2. The molecule has 2 rings (SSSR count). The van der Waals surface area contributed by atoms with Gasteiger partial charge in [-0.2, -0.15) is 0 Å². The zero-order valence-electron chi connectivity index (χ0n) is 12.7. The van der Waals surface area contributed by atoms with Crippen LogP contribution in [0.4, 0.5) is 0 Å². The van der Waals surface area contributed by atoms with Crippen LogP contribution in [0.15, 0.2) is 23.3 Å². The number of methoxy groups -OCH3 is 1. The molecule has 0 unspecified atom stereocenters. The zero-order valence-corrected chi connectivity index (χ0v) is 12.7. The Morgan fingerprint density at radius 2 is 2.10 bits per heavy atom. The maximum Gasteiger partial charge on any atom is 0.338 e. The van der Waals surface area contributed by atoms with Gasteiger partial charge in [-0.15, -0.1) is 0 Å². The van der Waals surface area contributed by atoms with Crippen LogP contribution in [0.1, 0.15) is 33.6 Å². The third-order valence-corrected chi connectivity index (χ3v) is 4.73. The van der Waals surface area contributed by atoms with Crippen molar-refractivity contribution in [1.82, 2.24) is 0 Å². The molecule has 0 amide bonds. The number of Topliss-reactive ketones (excluding diaryl/α,β-unsaturated/α-hetero) is 1. The molecule has 3 atom stereocenters. The van der Waals surface area contributed by atoms with E-state index in [2.05, 4.69) is 4.74 Å². The summed E-state index contributed by atoms with van der Waals surface area (Å²) in [7, 11) is 1.17. The number of aliphatic hydroxyl groups is 1. The molecule has 0 aromatic carbocycles. The topological polar surface area (TPSA) is 80.7 Å². The number of carbonyl (C=O) groups is 3. The quantitative estimate of drug-likeness (QED) is 0.777. The number of ether oxygens (including phenoxy) is 1. The molecule has 0 radical (unpaired) electrons. The van der Waals surface area contributed by atoms with E-state index >= 15 is 0 Å². The average Bonchev–Trinajstić information content (AvgIpc) is 2.41. The van der Waals surface area contributed by atoms with Gasteiger partial charge in [0.2, 0.25) is 0 Å². The van der Waals surface area contributed by atoms with Gasteiger partial charge in [-0.1, -0.05) is 18.6 Å². The van der Waals surface area contributed by atoms with Crippen molar-refractivity contribution in [1.29, 1.82) is 0 Å². The molecule has 2 aliphatic rings. The molecule has 0 aromatic heterocycles. The minimum absolute atomic E-state index is 0.0896. The molecule has 21 heavy (non-hydrogen) atoms. The van der Waals surface area contributed by atoms with Gasteiger partial charge >= 0.3 is 5.97 Å². The highest BCUT2D eigenvalue weighted by Gasteiger charge is 2.51. The van der Waals surface area contributed by atoms with Crippen LogP contribution in [0.3, 0.4) is 0 Å². The lowest BCUT2D eigenvalue weighted by Crippen LogP contribution is -2.51. The van der Waals surface area contributed by atoms with E-state index < -0.39 is 22.9 Å². The van der Waals surface area contributed by atoms with Crippen molar-refractivity contribution in [3.05, 3.63) is 23.3 Å². The molecule has 0 aliphatic heterocycles. The van der Waals surface area contributed by atoms with E-state index in [9.17, 15) is 19.5 Å². The van der Waals surface area contributed by atoms with E-state index in [1.54, 1.807) is 13.0 Å². The predicted octanol–water partition coefficient (Wildman–Crippen LogP) is 1.35. The average molecular weight is 292 g/mol. The standard InChI is InChI=1S/C16H20O5/c1-9-10-7-11(16(3,20)14(19)21-4)13(18)8-15(10,2)6-5-12(9)17/h5-6,11,20H,7-8H2,1-4H3/t11-,15+,16+/m1/s1. The maximum absolute atomic E-state index is 12.4. The minimum Gasteiger partial charge on any atom is -0.467 e. The number of ketones is 2. The van der Waals surface area contributed by atoms with Crippen LogP contribution in [-0.2, 0) is 19.1 Å². The lowest BCUT2D eigenvalue weighted by atomic mass is 9.61. The summed E-state index contributed by atoms with van der Waals surface area (Å²) >= 11 is 0. The zero-order chi connectivity index (χ0) is 16.0. The van der Waals surface area contributed by atoms with Crippen molar-refractivity contribution in [2.75, 3.05) is 7.11 Å². The Morgan fingerprint density at radius 3 is 2.67 bits per heavy atom. The number of esters is 1. The summed E-state index contributed by atoms with van der Waals surface area (Å²) < 4.78 is 4.59.